The Balaban J connectivity index is 0.940. The average Bonchev–Trinajstić information content (AvgIpc) is 3.83. The lowest BCUT2D eigenvalue weighted by Crippen LogP contribution is -2.25. The van der Waals surface area contributed by atoms with Crippen LogP contribution in [0, 0.1) is 0 Å². The van der Waals surface area contributed by atoms with Crippen LogP contribution < -0.4 is 14.4 Å². The van der Waals surface area contributed by atoms with E-state index in [1.807, 2.05) is 6.07 Å². The molecule has 1 aliphatic heterocycles. The van der Waals surface area contributed by atoms with Crippen LogP contribution in [0.3, 0.4) is 0 Å². The first-order valence-electron chi connectivity index (χ1n) is 21.9. The maximum atomic E-state index is 7.13. The number of ether oxygens (including phenoxy) is 2. The SMILES string of the molecule is c1ccc(-c2ccc(N(c3ccc(-c4ccccc4)cc3)c3ccccc3-c3cccc4c3Oc3cc5c(cc3O4)C3(c4ccccc4-c4ccccc43)c3ccccc3-5)cc2)cc1. The van der Waals surface area contributed by atoms with E-state index < -0.39 is 5.41 Å². The molecule has 0 bridgehead atoms. The fourth-order valence-electron chi connectivity index (χ4n) is 10.6. The minimum Gasteiger partial charge on any atom is -0.449 e. The first-order valence-corrected chi connectivity index (χ1v) is 21.9. The van der Waals surface area contributed by atoms with E-state index in [4.69, 9.17) is 9.47 Å². The smallest absolute Gasteiger partial charge is 0.178 e. The molecule has 1 heterocycles. The number of fused-ring (bicyclic) bond motifs is 12. The van der Waals surface area contributed by atoms with E-state index in [0.717, 1.165) is 33.8 Å². The molecule has 0 atom stereocenters. The summed E-state index contributed by atoms with van der Waals surface area (Å²) in [5, 5.41) is 0. The number of hydrogen-bond donors (Lipinski definition) is 0. The van der Waals surface area contributed by atoms with E-state index in [1.165, 1.54) is 61.2 Å². The Morgan fingerprint density at radius 1 is 0.281 bits per heavy atom. The maximum absolute atomic E-state index is 7.13. The third kappa shape index (κ3) is 5.41. The van der Waals surface area contributed by atoms with Crippen molar-refractivity contribution < 1.29 is 9.47 Å². The number of anilines is 3. The summed E-state index contributed by atoms with van der Waals surface area (Å²) in [6.07, 6.45) is 0. The summed E-state index contributed by atoms with van der Waals surface area (Å²) in [5.41, 5.74) is 19.3. The summed E-state index contributed by atoms with van der Waals surface area (Å²) in [6, 6.07) is 84.7. The summed E-state index contributed by atoms with van der Waals surface area (Å²) in [5.74, 6) is 2.79. The van der Waals surface area contributed by atoms with Gasteiger partial charge in [-0.05, 0) is 115 Å². The highest BCUT2D eigenvalue weighted by atomic mass is 16.6. The molecule has 0 radical (unpaired) electrons. The van der Waals surface area contributed by atoms with Crippen molar-refractivity contribution in [2.75, 3.05) is 4.90 Å². The number of rotatable bonds is 6. The van der Waals surface area contributed by atoms with Gasteiger partial charge < -0.3 is 14.4 Å². The minimum absolute atomic E-state index is 0.472. The Hall–Kier alpha value is -8.40. The van der Waals surface area contributed by atoms with Gasteiger partial charge in [-0.1, -0.05) is 188 Å². The zero-order chi connectivity index (χ0) is 42.2. The molecule has 0 aromatic heterocycles. The standard InChI is InChI=1S/C61H39NO2/c1-3-16-40(17-4-1)42-30-34-44(35-31-42)62(45-36-32-43(33-37-45)41-18-5-2-6-19-41)56-28-14-10-23-49(56)50-24-15-29-57-60(50)64-58-38-51-48-22-9-13-27-54(48)61(55(51)39-59(58)63-57)52-25-11-7-20-46(52)47-21-8-12-26-53(47)61/h1-39H. The van der Waals surface area contributed by atoms with E-state index >= 15 is 0 Å². The molecular formula is C61H39NO2. The van der Waals surface area contributed by atoms with Gasteiger partial charge in [0.05, 0.1) is 11.1 Å². The van der Waals surface area contributed by atoms with Crippen LogP contribution in [0.2, 0.25) is 0 Å². The molecule has 0 saturated carbocycles. The second-order valence-electron chi connectivity index (χ2n) is 16.7. The van der Waals surface area contributed by atoms with Crippen molar-refractivity contribution in [3.63, 3.8) is 0 Å². The summed E-state index contributed by atoms with van der Waals surface area (Å²) in [7, 11) is 0. The minimum atomic E-state index is -0.472. The molecular weight excluding hydrogens is 779 g/mol. The van der Waals surface area contributed by atoms with Gasteiger partial charge in [0.25, 0.3) is 0 Å². The third-order valence-corrected chi connectivity index (χ3v) is 13.4. The van der Waals surface area contributed by atoms with Crippen molar-refractivity contribution >= 4 is 17.1 Å². The lowest BCUT2D eigenvalue weighted by atomic mass is 9.70. The zero-order valence-electron chi connectivity index (χ0n) is 34.8. The van der Waals surface area contributed by atoms with Crippen molar-refractivity contribution in [1.82, 2.24) is 0 Å². The number of benzene rings is 10. The van der Waals surface area contributed by atoms with Crippen LogP contribution in [0.1, 0.15) is 22.3 Å². The Morgan fingerprint density at radius 3 is 1.28 bits per heavy atom. The van der Waals surface area contributed by atoms with Crippen molar-refractivity contribution in [2.45, 2.75) is 5.41 Å². The highest BCUT2D eigenvalue weighted by Crippen LogP contribution is 2.65. The number of hydrogen-bond acceptors (Lipinski definition) is 3. The van der Waals surface area contributed by atoms with Gasteiger partial charge in [0.1, 0.15) is 0 Å². The quantitative estimate of drug-likeness (QED) is 0.167. The number of nitrogens with zero attached hydrogens (tertiary/aromatic N) is 1. The average molecular weight is 818 g/mol. The lowest BCUT2D eigenvalue weighted by molar-refractivity contribution is 0.360. The van der Waals surface area contributed by atoms with Crippen LogP contribution in [-0.2, 0) is 5.41 Å². The Bertz CT molecular complexity index is 3300. The molecule has 3 heteroatoms. The van der Waals surface area contributed by atoms with E-state index in [0.29, 0.717) is 23.0 Å². The molecule has 13 rings (SSSR count). The van der Waals surface area contributed by atoms with Crippen molar-refractivity contribution in [3.05, 3.63) is 259 Å². The highest BCUT2D eigenvalue weighted by Gasteiger charge is 2.52. The van der Waals surface area contributed by atoms with Gasteiger partial charge >= 0.3 is 0 Å². The molecule has 0 fully saturated rings. The van der Waals surface area contributed by atoms with Crippen molar-refractivity contribution in [1.29, 1.82) is 0 Å². The van der Waals surface area contributed by atoms with Crippen LogP contribution in [0.25, 0.3) is 55.6 Å². The lowest BCUT2D eigenvalue weighted by Gasteiger charge is -2.31. The molecule has 0 unspecified atom stereocenters. The van der Waals surface area contributed by atoms with Gasteiger partial charge in [-0.3, -0.25) is 0 Å². The topological polar surface area (TPSA) is 21.7 Å². The zero-order valence-corrected chi connectivity index (χ0v) is 34.8. The molecule has 2 aliphatic carbocycles. The first kappa shape index (κ1) is 36.3. The highest BCUT2D eigenvalue weighted by molar-refractivity contribution is 5.97. The molecule has 0 amide bonds. The third-order valence-electron chi connectivity index (χ3n) is 13.4. The first-order chi connectivity index (χ1) is 31.7. The summed E-state index contributed by atoms with van der Waals surface area (Å²) >= 11 is 0. The largest absolute Gasteiger partial charge is 0.449 e. The van der Waals surface area contributed by atoms with Gasteiger partial charge in [-0.25, -0.2) is 0 Å². The normalized spacial score (nSPS) is 13.1. The fraction of sp³-hybridized carbons (Fsp3) is 0.0164. The van der Waals surface area contributed by atoms with Crippen LogP contribution in [0.15, 0.2) is 237 Å². The van der Waals surface area contributed by atoms with E-state index in [-0.39, 0.29) is 0 Å². The fourth-order valence-corrected chi connectivity index (χ4v) is 10.6. The molecule has 10 aromatic carbocycles. The molecule has 3 nitrogen and oxygen atoms in total. The predicted octanol–water partition coefficient (Wildman–Crippen LogP) is 16.4. The van der Waals surface area contributed by atoms with Gasteiger partial charge in [-0.15, -0.1) is 0 Å². The second kappa shape index (κ2) is 14.3. The Labute approximate surface area is 372 Å². The predicted molar refractivity (Wildman–Crippen MR) is 260 cm³/mol. The maximum Gasteiger partial charge on any atom is 0.178 e. The van der Waals surface area contributed by atoms with Crippen molar-refractivity contribution in [2.24, 2.45) is 0 Å². The molecule has 64 heavy (non-hydrogen) atoms. The van der Waals surface area contributed by atoms with Gasteiger partial charge in [0.15, 0.2) is 23.0 Å². The molecule has 0 N–H and O–H groups in total. The van der Waals surface area contributed by atoms with Gasteiger partial charge in [0.2, 0.25) is 0 Å². The van der Waals surface area contributed by atoms with E-state index in [1.54, 1.807) is 0 Å². The van der Waals surface area contributed by atoms with Crippen LogP contribution in [-0.4, -0.2) is 0 Å². The second-order valence-corrected chi connectivity index (χ2v) is 16.7. The molecule has 10 aromatic rings. The van der Waals surface area contributed by atoms with Crippen LogP contribution >= 0.6 is 0 Å². The summed E-state index contributed by atoms with van der Waals surface area (Å²) in [6.45, 7) is 0. The molecule has 300 valence electrons. The van der Waals surface area contributed by atoms with Gasteiger partial charge in [0, 0.05) is 22.5 Å². The van der Waals surface area contributed by atoms with E-state index in [9.17, 15) is 0 Å². The van der Waals surface area contributed by atoms with E-state index in [2.05, 4.69) is 235 Å². The molecule has 1 spiro atoms. The number of para-hydroxylation sites is 2. The molecule has 0 saturated heterocycles. The van der Waals surface area contributed by atoms with Crippen LogP contribution in [0.4, 0.5) is 17.1 Å². The summed E-state index contributed by atoms with van der Waals surface area (Å²) in [4.78, 5) is 2.34. The Morgan fingerprint density at radius 2 is 0.719 bits per heavy atom. The Kier molecular flexibility index (Phi) is 8.13. The van der Waals surface area contributed by atoms with Gasteiger partial charge in [-0.2, -0.15) is 0 Å². The monoisotopic (exact) mass is 817 g/mol. The van der Waals surface area contributed by atoms with Crippen LogP contribution in [0.5, 0.6) is 23.0 Å². The molecule has 3 aliphatic rings. The summed E-state index contributed by atoms with van der Waals surface area (Å²) < 4.78 is 14.1. The van der Waals surface area contributed by atoms with Crippen molar-refractivity contribution in [3.8, 4) is 78.6 Å².